The lowest BCUT2D eigenvalue weighted by Crippen LogP contribution is -2.27. The fourth-order valence-corrected chi connectivity index (χ4v) is 2.20. The Morgan fingerprint density at radius 1 is 1.30 bits per heavy atom. The van der Waals surface area contributed by atoms with Gasteiger partial charge in [-0.25, -0.2) is 4.79 Å². The number of aryl methyl sites for hydroxylation is 1. The molecule has 0 saturated heterocycles. The molecular weight excluding hydrogens is 318 g/mol. The van der Waals surface area contributed by atoms with E-state index in [1.54, 1.807) is 38.4 Å². The molecule has 2 rings (SSSR count). The van der Waals surface area contributed by atoms with Crippen LogP contribution in [0.25, 0.3) is 0 Å². The zero-order valence-corrected chi connectivity index (χ0v) is 13.9. The van der Waals surface area contributed by atoms with Crippen molar-refractivity contribution in [1.82, 2.24) is 14.7 Å². The lowest BCUT2D eigenvalue weighted by molar-refractivity contribution is 0.0816. The molecule has 0 fully saturated rings. The second-order valence-electron chi connectivity index (χ2n) is 5.01. The van der Waals surface area contributed by atoms with Crippen molar-refractivity contribution >= 4 is 34.9 Å². The average molecular weight is 336 g/mol. The summed E-state index contributed by atoms with van der Waals surface area (Å²) in [6.07, 6.45) is 1.46. The van der Waals surface area contributed by atoms with Crippen LogP contribution in [-0.4, -0.2) is 40.7 Å². The summed E-state index contributed by atoms with van der Waals surface area (Å²) in [5.74, 6) is -0.234. The molecule has 2 aromatic rings. The molecule has 0 atom stereocenters. The van der Waals surface area contributed by atoms with E-state index >= 15 is 0 Å². The molecule has 0 bridgehead atoms. The van der Waals surface area contributed by atoms with Gasteiger partial charge in [0, 0.05) is 31.4 Å². The van der Waals surface area contributed by atoms with E-state index in [-0.39, 0.29) is 5.91 Å². The van der Waals surface area contributed by atoms with Gasteiger partial charge in [0.15, 0.2) is 0 Å². The summed E-state index contributed by atoms with van der Waals surface area (Å²) in [6, 6.07) is 6.31. The third-order valence-electron chi connectivity index (χ3n) is 3.08. The molecular formula is C15H18ClN5O2. The van der Waals surface area contributed by atoms with E-state index in [2.05, 4.69) is 15.7 Å². The van der Waals surface area contributed by atoms with Crippen LogP contribution in [0.2, 0.25) is 5.02 Å². The molecule has 0 unspecified atom stereocenters. The Hall–Kier alpha value is -2.54. The summed E-state index contributed by atoms with van der Waals surface area (Å²) in [5.41, 5.74) is 1.24. The van der Waals surface area contributed by atoms with Gasteiger partial charge in [0.2, 0.25) is 0 Å². The number of rotatable bonds is 4. The highest BCUT2D eigenvalue weighted by Crippen LogP contribution is 2.18. The molecule has 7 nitrogen and oxygen atoms in total. The Kier molecular flexibility index (Phi) is 5.23. The van der Waals surface area contributed by atoms with Crippen molar-refractivity contribution in [2.75, 3.05) is 24.7 Å². The van der Waals surface area contributed by atoms with Crippen molar-refractivity contribution in [1.29, 1.82) is 0 Å². The zero-order valence-electron chi connectivity index (χ0n) is 13.1. The number of halogens is 1. The first-order chi connectivity index (χ1) is 10.9. The number of carbonyl (C=O) groups is 2. The summed E-state index contributed by atoms with van der Waals surface area (Å²) in [5, 5.41) is 9.94. The van der Waals surface area contributed by atoms with Gasteiger partial charge in [0.05, 0.1) is 11.9 Å². The molecule has 0 aliphatic carbocycles. The number of nitrogens with one attached hydrogen (secondary N) is 2. The molecule has 8 heteroatoms. The largest absolute Gasteiger partial charge is 0.343 e. The number of hydrogen-bond donors (Lipinski definition) is 2. The van der Waals surface area contributed by atoms with Crippen molar-refractivity contribution in [2.24, 2.45) is 0 Å². The monoisotopic (exact) mass is 335 g/mol. The molecule has 1 aromatic heterocycles. The van der Waals surface area contributed by atoms with E-state index in [0.29, 0.717) is 28.6 Å². The minimum atomic E-state index is -0.476. The Morgan fingerprint density at radius 3 is 2.65 bits per heavy atom. The van der Waals surface area contributed by atoms with Gasteiger partial charge in [-0.3, -0.25) is 9.48 Å². The lowest BCUT2D eigenvalue weighted by Gasteiger charge is -2.14. The quantitative estimate of drug-likeness (QED) is 0.901. The minimum absolute atomic E-state index is 0.234. The van der Waals surface area contributed by atoms with Gasteiger partial charge in [-0.2, -0.15) is 5.10 Å². The fraction of sp³-hybridized carbons (Fsp3) is 0.267. The van der Waals surface area contributed by atoms with Crippen LogP contribution < -0.4 is 10.6 Å². The number of urea groups is 1. The molecule has 0 aliphatic heterocycles. The molecule has 1 aromatic carbocycles. The van der Waals surface area contributed by atoms with E-state index in [4.69, 9.17) is 11.6 Å². The van der Waals surface area contributed by atoms with E-state index in [1.807, 2.05) is 6.92 Å². The van der Waals surface area contributed by atoms with Crippen LogP contribution in [0.1, 0.15) is 17.4 Å². The predicted molar refractivity (Wildman–Crippen MR) is 90.0 cm³/mol. The summed E-state index contributed by atoms with van der Waals surface area (Å²) >= 11 is 5.88. The Labute approximate surface area is 139 Å². The molecule has 0 saturated carbocycles. The van der Waals surface area contributed by atoms with Gasteiger partial charge in [0.1, 0.15) is 5.69 Å². The lowest BCUT2D eigenvalue weighted by atomic mass is 10.3. The Bertz CT molecular complexity index is 726. The number of nitrogens with zero attached hydrogens (tertiary/aromatic N) is 3. The SMILES string of the molecule is CCn1ncc(NC(=O)Nc2cccc(Cl)c2)c1C(=O)N(C)C. The van der Waals surface area contributed by atoms with Crippen molar-refractivity contribution in [3.63, 3.8) is 0 Å². The second-order valence-corrected chi connectivity index (χ2v) is 5.45. The van der Waals surface area contributed by atoms with E-state index in [0.717, 1.165) is 0 Å². The molecule has 1 heterocycles. The number of amides is 3. The molecule has 0 spiro atoms. The third-order valence-corrected chi connectivity index (χ3v) is 3.31. The van der Waals surface area contributed by atoms with Crippen LogP contribution in [0.4, 0.5) is 16.2 Å². The molecule has 3 amide bonds. The maximum Gasteiger partial charge on any atom is 0.323 e. The highest BCUT2D eigenvalue weighted by molar-refractivity contribution is 6.30. The first-order valence-electron chi connectivity index (χ1n) is 7.03. The molecule has 0 radical (unpaired) electrons. The first kappa shape index (κ1) is 16.8. The van der Waals surface area contributed by atoms with Gasteiger partial charge in [0.25, 0.3) is 5.91 Å². The molecule has 23 heavy (non-hydrogen) atoms. The maximum atomic E-state index is 12.3. The predicted octanol–water partition coefficient (Wildman–Crippen LogP) is 2.90. The summed E-state index contributed by atoms with van der Waals surface area (Å²) < 4.78 is 1.54. The van der Waals surface area contributed by atoms with Gasteiger partial charge >= 0.3 is 6.03 Å². The van der Waals surface area contributed by atoms with Gasteiger partial charge < -0.3 is 15.5 Å². The summed E-state index contributed by atoms with van der Waals surface area (Å²) in [6.45, 7) is 2.39. The van der Waals surface area contributed by atoms with E-state index in [9.17, 15) is 9.59 Å². The fourth-order valence-electron chi connectivity index (χ4n) is 2.00. The normalized spacial score (nSPS) is 10.3. The molecule has 2 N–H and O–H groups in total. The summed E-state index contributed by atoms with van der Waals surface area (Å²) in [7, 11) is 3.29. The van der Waals surface area contributed by atoms with Crippen LogP contribution in [0.5, 0.6) is 0 Å². The summed E-state index contributed by atoms with van der Waals surface area (Å²) in [4.78, 5) is 25.8. The van der Waals surface area contributed by atoms with Crippen LogP contribution in [-0.2, 0) is 6.54 Å². The number of aromatic nitrogens is 2. The van der Waals surface area contributed by atoms with Crippen molar-refractivity contribution in [2.45, 2.75) is 13.5 Å². The van der Waals surface area contributed by atoms with Crippen LogP contribution in [0.15, 0.2) is 30.5 Å². The zero-order chi connectivity index (χ0) is 17.0. The van der Waals surface area contributed by atoms with Crippen LogP contribution in [0, 0.1) is 0 Å². The van der Waals surface area contributed by atoms with Gasteiger partial charge in [-0.05, 0) is 25.1 Å². The number of anilines is 2. The number of carbonyl (C=O) groups excluding carboxylic acids is 2. The van der Waals surface area contributed by atoms with Crippen LogP contribution in [0.3, 0.4) is 0 Å². The van der Waals surface area contributed by atoms with Crippen molar-refractivity contribution in [3.8, 4) is 0 Å². The third kappa shape index (κ3) is 4.01. The highest BCUT2D eigenvalue weighted by atomic mass is 35.5. The van der Waals surface area contributed by atoms with Crippen molar-refractivity contribution in [3.05, 3.63) is 41.2 Å². The first-order valence-corrected chi connectivity index (χ1v) is 7.41. The highest BCUT2D eigenvalue weighted by Gasteiger charge is 2.21. The topological polar surface area (TPSA) is 79.3 Å². The standard InChI is InChI=1S/C15H18ClN5O2/c1-4-21-13(14(22)20(2)3)12(9-17-21)19-15(23)18-11-7-5-6-10(16)8-11/h5-9H,4H2,1-3H3,(H2,18,19,23). The number of benzene rings is 1. The average Bonchev–Trinajstić information content (AvgIpc) is 2.88. The minimum Gasteiger partial charge on any atom is -0.343 e. The molecule has 0 aliphatic rings. The van der Waals surface area contributed by atoms with Gasteiger partial charge in [-0.1, -0.05) is 17.7 Å². The smallest absolute Gasteiger partial charge is 0.323 e. The molecule has 122 valence electrons. The maximum absolute atomic E-state index is 12.3. The van der Waals surface area contributed by atoms with E-state index in [1.165, 1.54) is 15.8 Å². The Morgan fingerprint density at radius 2 is 2.04 bits per heavy atom. The van der Waals surface area contributed by atoms with Crippen molar-refractivity contribution < 1.29 is 9.59 Å². The second kappa shape index (κ2) is 7.15. The van der Waals surface area contributed by atoms with E-state index < -0.39 is 6.03 Å². The van der Waals surface area contributed by atoms with Crippen LogP contribution >= 0.6 is 11.6 Å². The number of hydrogen-bond acceptors (Lipinski definition) is 3. The Balaban J connectivity index is 2.18. The van der Waals surface area contributed by atoms with Gasteiger partial charge in [-0.15, -0.1) is 0 Å².